The van der Waals surface area contributed by atoms with E-state index < -0.39 is 11.7 Å². The third-order valence-electron chi connectivity index (χ3n) is 3.46. The van der Waals surface area contributed by atoms with Crippen molar-refractivity contribution in [2.75, 3.05) is 10.6 Å². The highest BCUT2D eigenvalue weighted by Gasteiger charge is 2.09. The Bertz CT molecular complexity index is 889. The van der Waals surface area contributed by atoms with Gasteiger partial charge >= 0.3 is 0 Å². The lowest BCUT2D eigenvalue weighted by molar-refractivity contribution is 0.102. The number of aromatic nitrogens is 2. The normalized spacial score (nSPS) is 10.4. The Balaban J connectivity index is 1.70. The van der Waals surface area contributed by atoms with Crippen LogP contribution < -0.4 is 10.6 Å². The molecule has 0 aliphatic carbocycles. The van der Waals surface area contributed by atoms with Gasteiger partial charge in [0.25, 0.3) is 5.91 Å². The van der Waals surface area contributed by atoms with Crippen molar-refractivity contribution in [2.24, 2.45) is 0 Å². The largest absolute Gasteiger partial charge is 0.339 e. The average Bonchev–Trinajstić information content (AvgIpc) is 2.54. The quantitative estimate of drug-likeness (QED) is 0.748. The molecule has 0 aliphatic heterocycles. The molecule has 0 saturated carbocycles. The molecule has 6 heteroatoms. The third-order valence-corrected chi connectivity index (χ3v) is 3.46. The summed E-state index contributed by atoms with van der Waals surface area (Å²) in [5.41, 5.74) is 3.70. The second kappa shape index (κ2) is 7.09. The summed E-state index contributed by atoms with van der Waals surface area (Å²) in [5, 5.41) is 5.74. The lowest BCUT2D eigenvalue weighted by Gasteiger charge is -2.08. The highest BCUT2D eigenvalue weighted by Crippen LogP contribution is 2.18. The first-order valence-corrected chi connectivity index (χ1v) is 7.74. The lowest BCUT2D eigenvalue weighted by atomic mass is 10.1. The number of carbonyl (C=O) groups is 1. The molecule has 126 valence electrons. The minimum absolute atomic E-state index is 0.148. The molecule has 0 unspecified atom stereocenters. The van der Waals surface area contributed by atoms with Crippen molar-refractivity contribution in [1.82, 2.24) is 9.97 Å². The molecule has 2 aromatic carbocycles. The molecule has 2 N–H and O–H groups in total. The molecule has 0 aliphatic rings. The van der Waals surface area contributed by atoms with Gasteiger partial charge in [0.1, 0.15) is 17.3 Å². The second-order valence-corrected chi connectivity index (χ2v) is 5.75. The summed E-state index contributed by atoms with van der Waals surface area (Å²) in [6, 6.07) is 11.7. The van der Waals surface area contributed by atoms with E-state index in [1.54, 1.807) is 6.07 Å². The molecule has 0 bridgehead atoms. The predicted molar refractivity (Wildman–Crippen MR) is 95.6 cm³/mol. The Morgan fingerprint density at radius 2 is 1.72 bits per heavy atom. The molecule has 1 aromatic heterocycles. The van der Waals surface area contributed by atoms with Gasteiger partial charge in [0.05, 0.1) is 12.4 Å². The molecule has 3 rings (SSSR count). The molecular formula is C19H17FN4O. The zero-order valence-corrected chi connectivity index (χ0v) is 13.9. The summed E-state index contributed by atoms with van der Waals surface area (Å²) in [6.45, 7) is 4.04. The van der Waals surface area contributed by atoms with E-state index in [2.05, 4.69) is 26.7 Å². The SMILES string of the molecule is Cc1cc(C)cc(Nc2cnc(C(=O)Nc3cccc(F)c3)cn2)c1. The number of hydrogen-bond acceptors (Lipinski definition) is 4. The second-order valence-electron chi connectivity index (χ2n) is 5.75. The maximum atomic E-state index is 13.1. The minimum atomic E-state index is -0.448. The number of halogens is 1. The number of nitrogens with one attached hydrogen (secondary N) is 2. The molecule has 0 radical (unpaired) electrons. The van der Waals surface area contributed by atoms with Gasteiger partial charge in [-0.2, -0.15) is 0 Å². The van der Waals surface area contributed by atoms with Crippen molar-refractivity contribution in [3.63, 3.8) is 0 Å². The van der Waals surface area contributed by atoms with Crippen LogP contribution in [0.3, 0.4) is 0 Å². The number of amides is 1. The van der Waals surface area contributed by atoms with E-state index in [-0.39, 0.29) is 5.69 Å². The van der Waals surface area contributed by atoms with Crippen LogP contribution in [0.4, 0.5) is 21.6 Å². The summed E-state index contributed by atoms with van der Waals surface area (Å²) >= 11 is 0. The number of nitrogens with zero attached hydrogens (tertiary/aromatic N) is 2. The van der Waals surface area contributed by atoms with E-state index in [0.29, 0.717) is 11.5 Å². The molecule has 0 saturated heterocycles. The van der Waals surface area contributed by atoms with Gasteiger partial charge < -0.3 is 10.6 Å². The minimum Gasteiger partial charge on any atom is -0.339 e. The van der Waals surface area contributed by atoms with Crippen molar-refractivity contribution in [1.29, 1.82) is 0 Å². The first-order chi connectivity index (χ1) is 12.0. The van der Waals surface area contributed by atoms with Gasteiger partial charge in [-0.3, -0.25) is 4.79 Å². The standard InChI is InChI=1S/C19H17FN4O/c1-12-6-13(2)8-16(7-12)23-18-11-21-17(10-22-18)19(25)24-15-5-3-4-14(20)9-15/h3-11H,1-2H3,(H,22,23)(H,24,25). The van der Waals surface area contributed by atoms with Gasteiger partial charge in [0.15, 0.2) is 0 Å². The maximum Gasteiger partial charge on any atom is 0.275 e. The van der Waals surface area contributed by atoms with Crippen molar-refractivity contribution >= 4 is 23.1 Å². The van der Waals surface area contributed by atoms with E-state index in [9.17, 15) is 9.18 Å². The Hall–Kier alpha value is -3.28. The van der Waals surface area contributed by atoms with Crippen LogP contribution in [-0.2, 0) is 0 Å². The van der Waals surface area contributed by atoms with Crippen LogP contribution in [0, 0.1) is 19.7 Å². The van der Waals surface area contributed by atoms with Crippen LogP contribution in [0.25, 0.3) is 0 Å². The van der Waals surface area contributed by atoms with Crippen LogP contribution in [0.1, 0.15) is 21.6 Å². The smallest absolute Gasteiger partial charge is 0.275 e. The topological polar surface area (TPSA) is 66.9 Å². The van der Waals surface area contributed by atoms with Gasteiger partial charge in [0.2, 0.25) is 0 Å². The van der Waals surface area contributed by atoms with Crippen LogP contribution in [-0.4, -0.2) is 15.9 Å². The van der Waals surface area contributed by atoms with E-state index >= 15 is 0 Å². The fourth-order valence-electron chi connectivity index (χ4n) is 2.47. The van der Waals surface area contributed by atoms with Gasteiger partial charge in [-0.15, -0.1) is 0 Å². The summed E-state index contributed by atoms with van der Waals surface area (Å²) < 4.78 is 13.1. The van der Waals surface area contributed by atoms with E-state index in [0.717, 1.165) is 16.8 Å². The van der Waals surface area contributed by atoms with Crippen LogP contribution in [0.5, 0.6) is 0 Å². The zero-order chi connectivity index (χ0) is 17.8. The van der Waals surface area contributed by atoms with Crippen LogP contribution in [0.2, 0.25) is 0 Å². The molecule has 0 spiro atoms. The highest BCUT2D eigenvalue weighted by atomic mass is 19.1. The Kier molecular flexibility index (Phi) is 4.70. The van der Waals surface area contributed by atoms with Crippen molar-refractivity contribution in [3.05, 3.63) is 77.5 Å². The number of hydrogen-bond donors (Lipinski definition) is 2. The van der Waals surface area contributed by atoms with E-state index in [1.807, 2.05) is 26.0 Å². The zero-order valence-electron chi connectivity index (χ0n) is 13.9. The highest BCUT2D eigenvalue weighted by molar-refractivity contribution is 6.02. The number of anilines is 3. The van der Waals surface area contributed by atoms with Crippen LogP contribution >= 0.6 is 0 Å². The molecule has 5 nitrogen and oxygen atoms in total. The van der Waals surface area contributed by atoms with E-state index in [4.69, 9.17) is 0 Å². The van der Waals surface area contributed by atoms with Crippen molar-refractivity contribution in [3.8, 4) is 0 Å². The first kappa shape index (κ1) is 16.6. The fourth-order valence-corrected chi connectivity index (χ4v) is 2.47. The summed E-state index contributed by atoms with van der Waals surface area (Å²) in [4.78, 5) is 20.4. The number of rotatable bonds is 4. The summed E-state index contributed by atoms with van der Waals surface area (Å²) in [5.74, 6) is -0.333. The maximum absolute atomic E-state index is 13.1. The molecule has 3 aromatic rings. The van der Waals surface area contributed by atoms with Gasteiger partial charge in [-0.25, -0.2) is 14.4 Å². The van der Waals surface area contributed by atoms with Crippen LogP contribution in [0.15, 0.2) is 54.9 Å². The average molecular weight is 336 g/mol. The molecule has 1 amide bonds. The summed E-state index contributed by atoms with van der Waals surface area (Å²) in [6.07, 6.45) is 2.86. The number of aryl methyl sites for hydroxylation is 2. The Labute approximate surface area is 145 Å². The lowest BCUT2D eigenvalue weighted by Crippen LogP contribution is -2.14. The fraction of sp³-hybridized carbons (Fsp3) is 0.105. The Morgan fingerprint density at radius 1 is 0.960 bits per heavy atom. The molecule has 1 heterocycles. The number of carbonyl (C=O) groups excluding carboxylic acids is 1. The Morgan fingerprint density at radius 3 is 2.36 bits per heavy atom. The molecule has 0 atom stereocenters. The molecule has 25 heavy (non-hydrogen) atoms. The molecular weight excluding hydrogens is 319 g/mol. The third kappa shape index (κ3) is 4.38. The predicted octanol–water partition coefficient (Wildman–Crippen LogP) is 4.23. The first-order valence-electron chi connectivity index (χ1n) is 7.74. The monoisotopic (exact) mass is 336 g/mol. The van der Waals surface area contributed by atoms with Gasteiger partial charge in [0, 0.05) is 11.4 Å². The van der Waals surface area contributed by atoms with Crippen molar-refractivity contribution < 1.29 is 9.18 Å². The van der Waals surface area contributed by atoms with E-state index in [1.165, 1.54) is 30.6 Å². The summed E-state index contributed by atoms with van der Waals surface area (Å²) in [7, 11) is 0. The van der Waals surface area contributed by atoms with Gasteiger partial charge in [-0.05, 0) is 55.3 Å². The van der Waals surface area contributed by atoms with Crippen molar-refractivity contribution in [2.45, 2.75) is 13.8 Å². The molecule has 0 fully saturated rings. The number of benzene rings is 2. The van der Waals surface area contributed by atoms with Gasteiger partial charge in [-0.1, -0.05) is 12.1 Å².